The Morgan fingerprint density at radius 1 is 1.15 bits per heavy atom. The average molecular weight is 372 g/mol. The van der Waals surface area contributed by atoms with Gasteiger partial charge < -0.3 is 4.90 Å². The third-order valence-electron chi connectivity index (χ3n) is 6.74. The molecule has 2 unspecified atom stereocenters. The molecule has 1 amide bonds. The zero-order valence-corrected chi connectivity index (χ0v) is 16.6. The monoisotopic (exact) mass is 371 g/mol. The molecule has 0 aliphatic carbocycles. The zero-order valence-electron chi connectivity index (χ0n) is 16.6. The molecule has 0 spiro atoms. The van der Waals surface area contributed by atoms with E-state index in [-0.39, 0.29) is 0 Å². The van der Waals surface area contributed by atoms with Gasteiger partial charge in [-0.15, -0.1) is 0 Å². The van der Waals surface area contributed by atoms with Crippen LogP contribution in [-0.2, 0) is 11.3 Å². The second-order valence-electron chi connectivity index (χ2n) is 8.73. The molecule has 6 heteroatoms. The number of hydrazine groups is 1. The van der Waals surface area contributed by atoms with Gasteiger partial charge in [0.05, 0.1) is 5.69 Å². The Labute approximate surface area is 162 Å². The number of nitrogens with one attached hydrogen (secondary N) is 2. The number of aromatic nitrogens is 1. The molecule has 4 atom stereocenters. The SMILES string of the molecule is CC1NNC(C)C1CCC(=O)N1C[C@H]2CC[C@@H]1CN(Cc1ccccn1)C2. The molecular weight excluding hydrogens is 338 g/mol. The predicted molar refractivity (Wildman–Crippen MR) is 106 cm³/mol. The fourth-order valence-electron chi connectivity index (χ4n) is 5.18. The summed E-state index contributed by atoms with van der Waals surface area (Å²) in [6, 6.07) is 7.35. The van der Waals surface area contributed by atoms with Crippen LogP contribution in [0.2, 0.25) is 0 Å². The predicted octanol–water partition coefficient (Wildman–Crippen LogP) is 1.79. The molecule has 0 saturated carbocycles. The van der Waals surface area contributed by atoms with Gasteiger partial charge in [0.15, 0.2) is 0 Å². The van der Waals surface area contributed by atoms with Crippen LogP contribution < -0.4 is 10.9 Å². The Morgan fingerprint density at radius 2 is 1.96 bits per heavy atom. The second kappa shape index (κ2) is 8.25. The lowest BCUT2D eigenvalue weighted by Gasteiger charge is -2.36. The summed E-state index contributed by atoms with van der Waals surface area (Å²) in [6.07, 6.45) is 5.90. The number of amides is 1. The number of rotatable bonds is 5. The van der Waals surface area contributed by atoms with Crippen molar-refractivity contribution in [1.82, 2.24) is 25.6 Å². The van der Waals surface area contributed by atoms with Crippen molar-refractivity contribution in [3.8, 4) is 0 Å². The van der Waals surface area contributed by atoms with Crippen LogP contribution in [0.4, 0.5) is 0 Å². The third kappa shape index (κ3) is 4.33. The van der Waals surface area contributed by atoms with E-state index in [1.165, 1.54) is 6.42 Å². The number of carbonyl (C=O) groups excluding carboxylic acids is 1. The first-order valence-corrected chi connectivity index (χ1v) is 10.5. The third-order valence-corrected chi connectivity index (χ3v) is 6.74. The lowest BCUT2D eigenvalue weighted by molar-refractivity contribution is -0.135. The smallest absolute Gasteiger partial charge is 0.222 e. The fourth-order valence-corrected chi connectivity index (χ4v) is 5.18. The molecule has 2 bridgehead atoms. The van der Waals surface area contributed by atoms with E-state index in [1.54, 1.807) is 0 Å². The second-order valence-corrected chi connectivity index (χ2v) is 8.73. The summed E-state index contributed by atoms with van der Waals surface area (Å²) in [5, 5.41) is 0. The molecule has 4 fully saturated rings. The van der Waals surface area contributed by atoms with Gasteiger partial charge >= 0.3 is 0 Å². The molecule has 2 N–H and O–H groups in total. The number of nitrogens with zero attached hydrogens (tertiary/aromatic N) is 3. The van der Waals surface area contributed by atoms with Crippen molar-refractivity contribution >= 4 is 5.91 Å². The Bertz CT molecular complexity index is 629. The molecule has 0 radical (unpaired) electrons. The maximum absolute atomic E-state index is 13.0. The van der Waals surface area contributed by atoms with Crippen molar-refractivity contribution in [3.63, 3.8) is 0 Å². The normalized spacial score (nSPS) is 34.0. The highest BCUT2D eigenvalue weighted by molar-refractivity contribution is 5.76. The maximum Gasteiger partial charge on any atom is 0.222 e. The zero-order chi connectivity index (χ0) is 18.8. The minimum absolute atomic E-state index is 0.357. The van der Waals surface area contributed by atoms with E-state index >= 15 is 0 Å². The molecule has 4 saturated heterocycles. The van der Waals surface area contributed by atoms with Gasteiger partial charge in [0, 0.05) is 56.9 Å². The van der Waals surface area contributed by atoms with E-state index in [2.05, 4.69) is 51.6 Å². The number of piperidine rings is 1. The molecular formula is C21H33N5O. The quantitative estimate of drug-likeness (QED) is 0.826. The highest BCUT2D eigenvalue weighted by atomic mass is 16.2. The highest BCUT2D eigenvalue weighted by Gasteiger charge is 2.38. The highest BCUT2D eigenvalue weighted by Crippen LogP contribution is 2.30. The van der Waals surface area contributed by atoms with Gasteiger partial charge in [-0.1, -0.05) is 6.07 Å². The van der Waals surface area contributed by atoms with Crippen LogP contribution in [0.25, 0.3) is 0 Å². The first-order chi connectivity index (χ1) is 13.1. The van der Waals surface area contributed by atoms with Gasteiger partial charge in [0.1, 0.15) is 0 Å². The van der Waals surface area contributed by atoms with Crippen LogP contribution >= 0.6 is 0 Å². The minimum atomic E-state index is 0.357. The molecule has 4 aliphatic heterocycles. The average Bonchev–Trinajstić information content (AvgIpc) is 2.83. The minimum Gasteiger partial charge on any atom is -0.338 e. The standard InChI is InChI=1S/C21H33N5O/c1-15-20(16(2)24-23-15)8-9-21(27)26-12-17-6-7-19(26)14-25(11-17)13-18-5-3-4-10-22-18/h3-5,10,15-17,19-20,23-24H,6-9,11-14H2,1-2H3/t15?,16?,17-,19+,20?/m0/s1. The van der Waals surface area contributed by atoms with Gasteiger partial charge in [-0.25, -0.2) is 0 Å². The largest absolute Gasteiger partial charge is 0.338 e. The van der Waals surface area contributed by atoms with Crippen LogP contribution in [0.1, 0.15) is 45.2 Å². The molecule has 4 aliphatic rings. The van der Waals surface area contributed by atoms with Gasteiger partial charge in [-0.2, -0.15) is 0 Å². The summed E-state index contributed by atoms with van der Waals surface area (Å²) in [7, 11) is 0. The summed E-state index contributed by atoms with van der Waals surface area (Å²) in [6.45, 7) is 8.31. The number of fused-ring (bicyclic) bond motifs is 4. The van der Waals surface area contributed by atoms with Crippen LogP contribution in [0, 0.1) is 11.8 Å². The van der Waals surface area contributed by atoms with E-state index in [0.717, 1.165) is 44.7 Å². The Morgan fingerprint density at radius 3 is 2.70 bits per heavy atom. The topological polar surface area (TPSA) is 60.5 Å². The summed E-state index contributed by atoms with van der Waals surface area (Å²) in [5.74, 6) is 1.48. The molecule has 6 nitrogen and oxygen atoms in total. The summed E-state index contributed by atoms with van der Waals surface area (Å²) < 4.78 is 0. The number of hydrogen-bond acceptors (Lipinski definition) is 5. The molecule has 1 aromatic rings. The molecule has 148 valence electrons. The summed E-state index contributed by atoms with van der Waals surface area (Å²) in [5.41, 5.74) is 7.73. The van der Waals surface area contributed by atoms with Crippen molar-refractivity contribution in [2.75, 3.05) is 19.6 Å². The van der Waals surface area contributed by atoms with Crippen molar-refractivity contribution in [1.29, 1.82) is 0 Å². The number of hydrogen-bond donors (Lipinski definition) is 2. The molecule has 5 heterocycles. The Hall–Kier alpha value is -1.50. The summed E-state index contributed by atoms with van der Waals surface area (Å²) in [4.78, 5) is 22.2. The van der Waals surface area contributed by atoms with Crippen molar-refractivity contribution in [2.45, 2.75) is 64.2 Å². The van der Waals surface area contributed by atoms with Crippen LogP contribution in [-0.4, -0.2) is 58.5 Å². The Kier molecular flexibility index (Phi) is 5.76. The van der Waals surface area contributed by atoms with Crippen LogP contribution in [0.15, 0.2) is 24.4 Å². The lowest BCUT2D eigenvalue weighted by Crippen LogP contribution is -2.47. The molecule has 5 rings (SSSR count). The molecule has 1 aromatic heterocycles. The van der Waals surface area contributed by atoms with E-state index in [4.69, 9.17) is 0 Å². The van der Waals surface area contributed by atoms with Gasteiger partial charge in [0.25, 0.3) is 0 Å². The van der Waals surface area contributed by atoms with E-state index in [1.807, 2.05) is 12.3 Å². The van der Waals surface area contributed by atoms with E-state index in [9.17, 15) is 4.79 Å². The first kappa shape index (κ1) is 18.8. The number of pyridine rings is 1. The van der Waals surface area contributed by atoms with Gasteiger partial charge in [-0.05, 0) is 57.1 Å². The first-order valence-electron chi connectivity index (χ1n) is 10.5. The lowest BCUT2D eigenvalue weighted by atomic mass is 9.90. The molecule has 0 aromatic carbocycles. The van der Waals surface area contributed by atoms with Crippen LogP contribution in [0.3, 0.4) is 0 Å². The fraction of sp³-hybridized carbons (Fsp3) is 0.714. The number of carbonyl (C=O) groups is 1. The maximum atomic E-state index is 13.0. The van der Waals surface area contributed by atoms with Gasteiger partial charge in [-0.3, -0.25) is 25.5 Å². The molecule has 27 heavy (non-hydrogen) atoms. The van der Waals surface area contributed by atoms with Crippen molar-refractivity contribution in [3.05, 3.63) is 30.1 Å². The van der Waals surface area contributed by atoms with Crippen LogP contribution in [0.5, 0.6) is 0 Å². The van der Waals surface area contributed by atoms with Crippen molar-refractivity contribution in [2.24, 2.45) is 11.8 Å². The van der Waals surface area contributed by atoms with E-state index < -0.39 is 0 Å². The van der Waals surface area contributed by atoms with E-state index in [0.29, 0.717) is 42.3 Å². The summed E-state index contributed by atoms with van der Waals surface area (Å²) >= 11 is 0. The van der Waals surface area contributed by atoms with Crippen molar-refractivity contribution < 1.29 is 4.79 Å². The Balaban J connectivity index is 1.35. The van der Waals surface area contributed by atoms with Gasteiger partial charge in [0.2, 0.25) is 5.91 Å².